The summed E-state index contributed by atoms with van der Waals surface area (Å²) < 4.78 is 7.48. The smallest absolute Gasteiger partial charge is 0.315 e. The number of pyridine rings is 1. The highest BCUT2D eigenvalue weighted by atomic mass is 16.5. The normalized spacial score (nSPS) is 15.2. The van der Waals surface area contributed by atoms with E-state index in [2.05, 4.69) is 20.6 Å². The van der Waals surface area contributed by atoms with Crippen LogP contribution in [-0.2, 0) is 6.54 Å². The molecule has 2 N–H and O–H groups in total. The van der Waals surface area contributed by atoms with Gasteiger partial charge in [0.05, 0.1) is 6.04 Å². The van der Waals surface area contributed by atoms with Gasteiger partial charge < -0.3 is 15.4 Å². The summed E-state index contributed by atoms with van der Waals surface area (Å²) in [6.45, 7) is 2.78. The number of rotatable bonds is 4. The van der Waals surface area contributed by atoms with Crippen molar-refractivity contribution in [2.45, 2.75) is 19.5 Å². The Balaban J connectivity index is 1.37. The number of benzene rings is 1. The number of para-hydroxylation sites is 1. The van der Waals surface area contributed by atoms with Gasteiger partial charge in [-0.1, -0.05) is 18.2 Å². The van der Waals surface area contributed by atoms with Crippen LogP contribution in [-0.4, -0.2) is 27.2 Å². The van der Waals surface area contributed by atoms with Crippen molar-refractivity contribution >= 4 is 6.03 Å². The zero-order valence-electron chi connectivity index (χ0n) is 14.3. The van der Waals surface area contributed by atoms with E-state index in [0.717, 1.165) is 28.5 Å². The number of ether oxygens (including phenoxy) is 1. The third-order valence-electron chi connectivity index (χ3n) is 4.34. The Kier molecular flexibility index (Phi) is 4.27. The number of carbonyl (C=O) groups is 1. The van der Waals surface area contributed by atoms with Crippen LogP contribution in [0.15, 0.2) is 55.0 Å². The summed E-state index contributed by atoms with van der Waals surface area (Å²) in [4.78, 5) is 20.8. The first kappa shape index (κ1) is 16.1. The molecule has 0 saturated carbocycles. The Labute approximate surface area is 151 Å². The zero-order valence-corrected chi connectivity index (χ0v) is 14.3. The fraction of sp³-hybridized carbons (Fsp3) is 0.211. The molecule has 0 aliphatic carbocycles. The largest absolute Gasteiger partial charge is 0.491 e. The van der Waals surface area contributed by atoms with Crippen molar-refractivity contribution in [3.63, 3.8) is 0 Å². The van der Waals surface area contributed by atoms with E-state index in [4.69, 9.17) is 4.74 Å². The second-order valence-electron chi connectivity index (χ2n) is 6.10. The molecule has 2 amide bonds. The zero-order chi connectivity index (χ0) is 17.9. The number of hydrogen-bond donors (Lipinski definition) is 2. The molecule has 7 nitrogen and oxygen atoms in total. The van der Waals surface area contributed by atoms with E-state index in [9.17, 15) is 4.79 Å². The Morgan fingerprint density at radius 2 is 2.15 bits per heavy atom. The van der Waals surface area contributed by atoms with Crippen LogP contribution in [0.4, 0.5) is 4.79 Å². The summed E-state index contributed by atoms with van der Waals surface area (Å²) >= 11 is 0. The molecule has 3 aromatic rings. The molecule has 1 aliphatic heterocycles. The van der Waals surface area contributed by atoms with Crippen LogP contribution in [0.2, 0.25) is 0 Å². The van der Waals surface area contributed by atoms with Crippen molar-refractivity contribution < 1.29 is 9.53 Å². The van der Waals surface area contributed by atoms with Gasteiger partial charge in [0, 0.05) is 30.7 Å². The van der Waals surface area contributed by atoms with E-state index in [1.807, 2.05) is 54.1 Å². The van der Waals surface area contributed by atoms with E-state index in [-0.39, 0.29) is 12.1 Å². The molecular formula is C19H19N5O2. The van der Waals surface area contributed by atoms with Gasteiger partial charge in [-0.3, -0.25) is 4.57 Å². The average Bonchev–Trinajstić information content (AvgIpc) is 3.27. The maximum absolute atomic E-state index is 12.2. The highest BCUT2D eigenvalue weighted by molar-refractivity contribution is 5.74. The van der Waals surface area contributed by atoms with Crippen molar-refractivity contribution in [2.24, 2.45) is 0 Å². The van der Waals surface area contributed by atoms with E-state index >= 15 is 0 Å². The lowest BCUT2D eigenvalue weighted by molar-refractivity contribution is 0.231. The second kappa shape index (κ2) is 6.87. The fourth-order valence-corrected chi connectivity index (χ4v) is 3.00. The van der Waals surface area contributed by atoms with Gasteiger partial charge >= 0.3 is 6.03 Å². The van der Waals surface area contributed by atoms with Gasteiger partial charge in [-0.05, 0) is 30.7 Å². The number of imidazole rings is 1. The van der Waals surface area contributed by atoms with Gasteiger partial charge in [-0.15, -0.1) is 0 Å². The molecular weight excluding hydrogens is 330 g/mol. The van der Waals surface area contributed by atoms with Crippen LogP contribution >= 0.6 is 0 Å². The molecule has 0 radical (unpaired) electrons. The van der Waals surface area contributed by atoms with Crippen LogP contribution in [0.5, 0.6) is 5.75 Å². The number of aromatic nitrogens is 3. The van der Waals surface area contributed by atoms with Crippen LogP contribution < -0.4 is 15.4 Å². The van der Waals surface area contributed by atoms with Gasteiger partial charge in [0.2, 0.25) is 0 Å². The van der Waals surface area contributed by atoms with E-state index in [0.29, 0.717) is 13.2 Å². The summed E-state index contributed by atoms with van der Waals surface area (Å²) in [6.07, 6.45) is 5.32. The lowest BCUT2D eigenvalue weighted by Gasteiger charge is -2.13. The molecule has 132 valence electrons. The summed E-state index contributed by atoms with van der Waals surface area (Å²) in [5, 5.41) is 5.84. The van der Waals surface area contributed by atoms with Gasteiger partial charge in [-0.2, -0.15) is 0 Å². The summed E-state index contributed by atoms with van der Waals surface area (Å²) in [7, 11) is 0. The van der Waals surface area contributed by atoms with E-state index in [1.54, 1.807) is 12.4 Å². The van der Waals surface area contributed by atoms with Crippen molar-refractivity contribution in [3.05, 3.63) is 71.9 Å². The highest BCUT2D eigenvalue weighted by Crippen LogP contribution is 2.31. The SMILES string of the molecule is Cc1nccn1-c1cc(CNC(=O)NC2COc3ccccc32)ccn1. The van der Waals surface area contributed by atoms with Crippen LogP contribution in [0, 0.1) is 6.92 Å². The first-order valence-corrected chi connectivity index (χ1v) is 8.42. The fourth-order valence-electron chi connectivity index (χ4n) is 3.00. The molecule has 0 fully saturated rings. The average molecular weight is 349 g/mol. The molecule has 1 unspecified atom stereocenters. The Morgan fingerprint density at radius 3 is 3.00 bits per heavy atom. The van der Waals surface area contributed by atoms with E-state index < -0.39 is 0 Å². The topological polar surface area (TPSA) is 81.1 Å². The number of fused-ring (bicyclic) bond motifs is 1. The van der Waals surface area contributed by atoms with Gasteiger partial charge in [0.15, 0.2) is 0 Å². The van der Waals surface area contributed by atoms with Crippen LogP contribution in [0.1, 0.15) is 23.0 Å². The second-order valence-corrected chi connectivity index (χ2v) is 6.10. The third kappa shape index (κ3) is 3.23. The number of carbonyl (C=O) groups excluding carboxylic acids is 1. The molecule has 4 rings (SSSR count). The molecule has 3 heterocycles. The number of nitrogens with zero attached hydrogens (tertiary/aromatic N) is 3. The summed E-state index contributed by atoms with van der Waals surface area (Å²) in [5.74, 6) is 2.46. The number of aryl methyl sites for hydroxylation is 1. The monoisotopic (exact) mass is 349 g/mol. The Morgan fingerprint density at radius 1 is 1.27 bits per heavy atom. The molecule has 0 bridgehead atoms. The van der Waals surface area contributed by atoms with Crippen molar-refractivity contribution in [1.82, 2.24) is 25.2 Å². The summed E-state index contributed by atoms with van der Waals surface area (Å²) in [5.41, 5.74) is 1.96. The standard InChI is InChI=1S/C19H19N5O2/c1-13-20-8-9-24(13)18-10-14(6-7-21-18)11-22-19(25)23-16-12-26-17-5-3-2-4-15(16)17/h2-10,16H,11-12H2,1H3,(H2,22,23,25). The lowest BCUT2D eigenvalue weighted by Crippen LogP contribution is -2.38. The first-order valence-electron chi connectivity index (χ1n) is 8.42. The molecule has 26 heavy (non-hydrogen) atoms. The summed E-state index contributed by atoms with van der Waals surface area (Å²) in [6, 6.07) is 11.2. The minimum atomic E-state index is -0.229. The molecule has 1 atom stereocenters. The molecule has 1 aliphatic rings. The quantitative estimate of drug-likeness (QED) is 0.758. The van der Waals surface area contributed by atoms with Gasteiger partial charge in [-0.25, -0.2) is 14.8 Å². The maximum atomic E-state index is 12.2. The molecule has 0 spiro atoms. The van der Waals surface area contributed by atoms with Crippen LogP contribution in [0.3, 0.4) is 0 Å². The predicted octanol–water partition coefficient (Wildman–Crippen LogP) is 2.51. The van der Waals surface area contributed by atoms with Crippen molar-refractivity contribution in [2.75, 3.05) is 6.61 Å². The first-order chi connectivity index (χ1) is 12.7. The van der Waals surface area contributed by atoms with Crippen molar-refractivity contribution in [1.29, 1.82) is 0 Å². The minimum absolute atomic E-state index is 0.132. The van der Waals surface area contributed by atoms with Gasteiger partial charge in [0.25, 0.3) is 0 Å². The highest BCUT2D eigenvalue weighted by Gasteiger charge is 2.24. The molecule has 1 aromatic carbocycles. The molecule has 2 aromatic heterocycles. The minimum Gasteiger partial charge on any atom is -0.491 e. The van der Waals surface area contributed by atoms with Crippen LogP contribution in [0.25, 0.3) is 5.82 Å². The number of amides is 2. The number of nitrogens with one attached hydrogen (secondary N) is 2. The van der Waals surface area contributed by atoms with E-state index in [1.165, 1.54) is 0 Å². The Hall–Kier alpha value is -3.35. The number of hydrogen-bond acceptors (Lipinski definition) is 4. The third-order valence-corrected chi connectivity index (χ3v) is 4.34. The van der Waals surface area contributed by atoms with Crippen molar-refractivity contribution in [3.8, 4) is 11.6 Å². The van der Waals surface area contributed by atoms with Gasteiger partial charge in [0.1, 0.15) is 24.0 Å². The maximum Gasteiger partial charge on any atom is 0.315 e. The Bertz CT molecular complexity index is 937. The molecule has 7 heteroatoms. The lowest BCUT2D eigenvalue weighted by atomic mass is 10.1. The number of urea groups is 1. The molecule has 0 saturated heterocycles. The predicted molar refractivity (Wildman–Crippen MR) is 96.1 cm³/mol.